The van der Waals surface area contributed by atoms with Crippen molar-refractivity contribution in [1.82, 2.24) is 4.90 Å². The maximum atomic E-state index is 12.5. The van der Waals surface area contributed by atoms with E-state index in [2.05, 4.69) is 5.32 Å². The molecule has 0 aromatic heterocycles. The summed E-state index contributed by atoms with van der Waals surface area (Å²) >= 11 is 6.26. The van der Waals surface area contributed by atoms with Crippen molar-refractivity contribution < 1.29 is 9.90 Å². The average molecular weight is 321 g/mol. The third kappa shape index (κ3) is 2.38. The lowest BCUT2D eigenvalue weighted by Crippen LogP contribution is -2.62. The monoisotopic (exact) mass is 320 g/mol. The van der Waals surface area contributed by atoms with Crippen molar-refractivity contribution in [3.8, 4) is 0 Å². The van der Waals surface area contributed by atoms with Crippen LogP contribution in [0.1, 0.15) is 50.0 Å². The molecule has 1 aromatic carbocycles. The molecule has 118 valence electrons. The highest BCUT2D eigenvalue weighted by atomic mass is 35.5. The van der Waals surface area contributed by atoms with Crippen LogP contribution in [0.5, 0.6) is 0 Å². The summed E-state index contributed by atoms with van der Waals surface area (Å²) in [5.74, 6) is 0.308. The van der Waals surface area contributed by atoms with E-state index in [1.165, 1.54) is 12.8 Å². The van der Waals surface area contributed by atoms with Crippen molar-refractivity contribution in [3.05, 3.63) is 28.8 Å². The highest BCUT2D eigenvalue weighted by Gasteiger charge is 2.44. The molecule has 4 rings (SSSR count). The van der Waals surface area contributed by atoms with E-state index >= 15 is 0 Å². The van der Waals surface area contributed by atoms with E-state index in [9.17, 15) is 9.90 Å². The van der Waals surface area contributed by atoms with Gasteiger partial charge in [0.1, 0.15) is 0 Å². The molecule has 2 saturated heterocycles. The number of carbonyl (C=O) groups is 1. The Morgan fingerprint density at radius 1 is 1.23 bits per heavy atom. The smallest absolute Gasteiger partial charge is 0.322 e. The minimum Gasteiger partial charge on any atom is -0.393 e. The van der Waals surface area contributed by atoms with E-state index in [0.717, 1.165) is 42.0 Å². The van der Waals surface area contributed by atoms with Gasteiger partial charge in [0.25, 0.3) is 0 Å². The quantitative estimate of drug-likeness (QED) is 0.872. The topological polar surface area (TPSA) is 52.6 Å². The number of amides is 2. The van der Waals surface area contributed by atoms with Gasteiger partial charge in [0, 0.05) is 22.8 Å². The number of benzene rings is 1. The predicted molar refractivity (Wildman–Crippen MR) is 86.3 cm³/mol. The van der Waals surface area contributed by atoms with Crippen molar-refractivity contribution in [1.29, 1.82) is 0 Å². The van der Waals surface area contributed by atoms with Gasteiger partial charge in [-0.1, -0.05) is 11.6 Å². The molecule has 2 bridgehead atoms. The van der Waals surface area contributed by atoms with E-state index in [1.54, 1.807) is 0 Å². The lowest BCUT2D eigenvalue weighted by Gasteiger charge is -2.52. The number of hydrogen-bond acceptors (Lipinski definition) is 2. The van der Waals surface area contributed by atoms with Crippen LogP contribution in [0, 0.1) is 0 Å². The van der Waals surface area contributed by atoms with Gasteiger partial charge in [-0.15, -0.1) is 0 Å². The highest BCUT2D eigenvalue weighted by molar-refractivity contribution is 6.31. The summed E-state index contributed by atoms with van der Waals surface area (Å²) in [4.78, 5) is 14.5. The fourth-order valence-electron chi connectivity index (χ4n) is 4.10. The minimum atomic E-state index is -0.209. The Labute approximate surface area is 135 Å². The number of fused-ring (bicyclic) bond motifs is 2. The minimum absolute atomic E-state index is 0.0165. The molecule has 2 atom stereocenters. The number of carbonyl (C=O) groups excluding carboxylic acids is 1. The number of aliphatic hydroxyl groups excluding tert-OH is 1. The lowest BCUT2D eigenvalue weighted by molar-refractivity contribution is 0.0173. The highest BCUT2D eigenvalue weighted by Crippen LogP contribution is 2.41. The van der Waals surface area contributed by atoms with E-state index in [1.807, 2.05) is 23.1 Å². The summed E-state index contributed by atoms with van der Waals surface area (Å²) in [6.07, 6.45) is 5.99. The van der Waals surface area contributed by atoms with Gasteiger partial charge in [0.2, 0.25) is 0 Å². The molecule has 3 fully saturated rings. The summed E-state index contributed by atoms with van der Waals surface area (Å²) in [5.41, 5.74) is 1.84. The molecule has 2 aliphatic heterocycles. The van der Waals surface area contributed by atoms with Crippen LogP contribution in [0.2, 0.25) is 5.02 Å². The fraction of sp³-hybridized carbons (Fsp3) is 0.588. The van der Waals surface area contributed by atoms with Crippen LogP contribution in [0.25, 0.3) is 0 Å². The second kappa shape index (κ2) is 5.43. The molecule has 22 heavy (non-hydrogen) atoms. The summed E-state index contributed by atoms with van der Waals surface area (Å²) in [5, 5.41) is 13.2. The largest absolute Gasteiger partial charge is 0.393 e. The Morgan fingerprint density at radius 3 is 2.59 bits per heavy atom. The number of anilines is 1. The molecule has 2 heterocycles. The zero-order chi connectivity index (χ0) is 15.3. The first-order chi connectivity index (χ1) is 10.6. The van der Waals surface area contributed by atoms with Gasteiger partial charge in [0.15, 0.2) is 0 Å². The van der Waals surface area contributed by atoms with Crippen molar-refractivity contribution in [3.63, 3.8) is 0 Å². The van der Waals surface area contributed by atoms with Crippen molar-refractivity contribution in [2.45, 2.75) is 62.6 Å². The Kier molecular flexibility index (Phi) is 3.54. The number of aliphatic hydroxyl groups is 1. The van der Waals surface area contributed by atoms with Crippen LogP contribution in [0.4, 0.5) is 10.5 Å². The summed E-state index contributed by atoms with van der Waals surface area (Å²) in [6, 6.07) is 6.55. The Bertz CT molecular complexity index is 586. The zero-order valence-corrected chi connectivity index (χ0v) is 13.2. The zero-order valence-electron chi connectivity index (χ0n) is 12.5. The molecule has 1 unspecified atom stereocenters. The molecular formula is C17H21ClN2O2. The molecule has 2 amide bonds. The van der Waals surface area contributed by atoms with Gasteiger partial charge >= 0.3 is 6.03 Å². The Hall–Kier alpha value is -1.26. The number of piperidine rings is 1. The van der Waals surface area contributed by atoms with Gasteiger partial charge in [0.05, 0.1) is 6.10 Å². The van der Waals surface area contributed by atoms with Crippen LogP contribution in [-0.4, -0.2) is 34.2 Å². The van der Waals surface area contributed by atoms with E-state index in [4.69, 9.17) is 11.6 Å². The molecule has 0 radical (unpaired) electrons. The van der Waals surface area contributed by atoms with E-state index in [0.29, 0.717) is 18.0 Å². The van der Waals surface area contributed by atoms with Gasteiger partial charge in [-0.05, 0) is 68.2 Å². The third-order valence-corrected chi connectivity index (χ3v) is 5.78. The molecule has 3 aliphatic rings. The number of nitrogens with zero attached hydrogens (tertiary/aromatic N) is 1. The number of nitrogens with one attached hydrogen (secondary N) is 1. The number of urea groups is 1. The normalized spacial score (nSPS) is 32.9. The third-order valence-electron chi connectivity index (χ3n) is 5.44. The van der Waals surface area contributed by atoms with Crippen LogP contribution < -0.4 is 5.32 Å². The number of rotatable bonds is 2. The van der Waals surface area contributed by atoms with Gasteiger partial charge in [-0.2, -0.15) is 0 Å². The second-order valence-corrected chi connectivity index (χ2v) is 7.28. The summed E-state index contributed by atoms with van der Waals surface area (Å²) in [6.45, 7) is 0. The van der Waals surface area contributed by atoms with Crippen LogP contribution in [0.3, 0.4) is 0 Å². The van der Waals surface area contributed by atoms with Crippen LogP contribution >= 0.6 is 11.6 Å². The molecule has 0 spiro atoms. The average Bonchev–Trinajstić information content (AvgIpc) is 2.47. The molecular weight excluding hydrogens is 300 g/mol. The van der Waals surface area contributed by atoms with Crippen LogP contribution in [0.15, 0.2) is 18.2 Å². The standard InChI is InChI=1S/C17H21ClN2O2/c18-16-5-4-11(8-15(16)10-6-14(21)7-10)19-17(22)20-12-2-1-3-13(20)9-12/h4-5,8,10,12-14,21H,1-3,6-7,9H2,(H,19,22)/t10?,12-,13?,14?/m1/s1. The molecule has 2 N–H and O–H groups in total. The first-order valence-corrected chi connectivity index (χ1v) is 8.56. The molecule has 1 aromatic rings. The summed E-state index contributed by atoms with van der Waals surface area (Å²) < 4.78 is 0. The first-order valence-electron chi connectivity index (χ1n) is 8.18. The van der Waals surface area contributed by atoms with Crippen molar-refractivity contribution >= 4 is 23.3 Å². The maximum absolute atomic E-state index is 12.5. The SMILES string of the molecule is O=C(Nc1ccc(Cl)c(C2CC(O)C2)c1)N1C2CCC[C@@H]1C2. The molecule has 5 heteroatoms. The lowest BCUT2D eigenvalue weighted by atomic mass is 9.77. The summed E-state index contributed by atoms with van der Waals surface area (Å²) in [7, 11) is 0. The number of hydrogen-bond donors (Lipinski definition) is 2. The maximum Gasteiger partial charge on any atom is 0.322 e. The predicted octanol–water partition coefficient (Wildman–Crippen LogP) is 3.74. The fourth-order valence-corrected chi connectivity index (χ4v) is 4.37. The van der Waals surface area contributed by atoms with Crippen LogP contribution in [-0.2, 0) is 0 Å². The first kappa shape index (κ1) is 14.3. The second-order valence-electron chi connectivity index (χ2n) is 6.87. The Morgan fingerprint density at radius 2 is 1.95 bits per heavy atom. The van der Waals surface area contributed by atoms with E-state index < -0.39 is 0 Å². The Balaban J connectivity index is 1.46. The molecule has 1 aliphatic carbocycles. The molecule has 1 saturated carbocycles. The van der Waals surface area contributed by atoms with Crippen molar-refractivity contribution in [2.75, 3.05) is 5.32 Å². The molecule has 4 nitrogen and oxygen atoms in total. The van der Waals surface area contributed by atoms with Gasteiger partial charge in [-0.3, -0.25) is 0 Å². The van der Waals surface area contributed by atoms with Crippen molar-refractivity contribution in [2.24, 2.45) is 0 Å². The van der Waals surface area contributed by atoms with Gasteiger partial charge < -0.3 is 15.3 Å². The van der Waals surface area contributed by atoms with Gasteiger partial charge in [-0.25, -0.2) is 4.79 Å². The number of halogens is 1. The van der Waals surface area contributed by atoms with E-state index in [-0.39, 0.29) is 12.1 Å².